The Kier molecular flexibility index (Phi) is 4.03. The summed E-state index contributed by atoms with van der Waals surface area (Å²) in [6.45, 7) is 4.78. The lowest BCUT2D eigenvalue weighted by molar-refractivity contribution is 0.417. The molecule has 0 saturated heterocycles. The first kappa shape index (κ1) is 14.2. The SMILES string of the molecule is CC(C)NCc1noc(-c2ccc3cc(Br)ccc3c2)n1. The molecule has 0 saturated carbocycles. The molecule has 2 aromatic carbocycles. The minimum absolute atomic E-state index is 0.395. The van der Waals surface area contributed by atoms with Crippen LogP contribution in [0.5, 0.6) is 0 Å². The molecule has 0 fully saturated rings. The molecule has 0 unspecified atom stereocenters. The van der Waals surface area contributed by atoms with E-state index in [0.29, 0.717) is 24.3 Å². The van der Waals surface area contributed by atoms with Crippen molar-refractivity contribution >= 4 is 26.7 Å². The second kappa shape index (κ2) is 5.95. The fourth-order valence-electron chi connectivity index (χ4n) is 2.09. The zero-order valence-corrected chi connectivity index (χ0v) is 13.5. The van der Waals surface area contributed by atoms with Crippen LogP contribution in [-0.4, -0.2) is 16.2 Å². The first-order valence-electron chi connectivity index (χ1n) is 6.87. The predicted molar refractivity (Wildman–Crippen MR) is 86.9 cm³/mol. The molecule has 0 spiro atoms. The molecule has 0 aliphatic heterocycles. The summed E-state index contributed by atoms with van der Waals surface area (Å²) in [7, 11) is 0. The minimum Gasteiger partial charge on any atom is -0.334 e. The maximum Gasteiger partial charge on any atom is 0.257 e. The van der Waals surface area contributed by atoms with Gasteiger partial charge < -0.3 is 9.84 Å². The highest BCUT2D eigenvalue weighted by Gasteiger charge is 2.09. The summed E-state index contributed by atoms with van der Waals surface area (Å²) in [5.74, 6) is 1.23. The molecule has 1 heterocycles. The van der Waals surface area contributed by atoms with Crippen LogP contribution in [0.25, 0.3) is 22.2 Å². The molecule has 0 aliphatic carbocycles. The number of fused-ring (bicyclic) bond motifs is 1. The molecular formula is C16H16BrN3O. The van der Waals surface area contributed by atoms with Crippen molar-refractivity contribution < 1.29 is 4.52 Å². The zero-order valence-electron chi connectivity index (χ0n) is 11.9. The Morgan fingerprint density at radius 1 is 1.14 bits per heavy atom. The smallest absolute Gasteiger partial charge is 0.257 e. The molecule has 4 nitrogen and oxygen atoms in total. The molecule has 5 heteroatoms. The monoisotopic (exact) mass is 345 g/mol. The van der Waals surface area contributed by atoms with Gasteiger partial charge in [-0.15, -0.1) is 0 Å². The van der Waals surface area contributed by atoms with Crippen molar-refractivity contribution in [2.45, 2.75) is 26.4 Å². The van der Waals surface area contributed by atoms with E-state index in [9.17, 15) is 0 Å². The van der Waals surface area contributed by atoms with Crippen molar-refractivity contribution in [3.05, 3.63) is 46.7 Å². The van der Waals surface area contributed by atoms with Crippen LogP contribution >= 0.6 is 15.9 Å². The van der Waals surface area contributed by atoms with Gasteiger partial charge in [0.2, 0.25) is 0 Å². The van der Waals surface area contributed by atoms with E-state index in [2.05, 4.69) is 69.5 Å². The van der Waals surface area contributed by atoms with Gasteiger partial charge in [-0.2, -0.15) is 4.98 Å². The molecule has 3 rings (SSSR count). The van der Waals surface area contributed by atoms with Gasteiger partial charge in [0, 0.05) is 16.1 Å². The van der Waals surface area contributed by atoms with Gasteiger partial charge in [0.15, 0.2) is 5.82 Å². The van der Waals surface area contributed by atoms with Crippen LogP contribution < -0.4 is 5.32 Å². The molecule has 1 aromatic heterocycles. The summed E-state index contributed by atoms with van der Waals surface area (Å²) in [6, 6.07) is 12.7. The summed E-state index contributed by atoms with van der Waals surface area (Å²) in [4.78, 5) is 4.43. The normalized spacial score (nSPS) is 11.4. The fourth-order valence-corrected chi connectivity index (χ4v) is 2.47. The van der Waals surface area contributed by atoms with E-state index in [1.54, 1.807) is 0 Å². The number of halogens is 1. The fraction of sp³-hybridized carbons (Fsp3) is 0.250. The maximum atomic E-state index is 5.35. The van der Waals surface area contributed by atoms with Crippen molar-refractivity contribution in [3.63, 3.8) is 0 Å². The van der Waals surface area contributed by atoms with Crippen LogP contribution in [-0.2, 0) is 6.54 Å². The molecule has 0 amide bonds. The molecule has 0 radical (unpaired) electrons. The molecular weight excluding hydrogens is 330 g/mol. The van der Waals surface area contributed by atoms with Gasteiger partial charge in [-0.1, -0.05) is 47.1 Å². The molecule has 108 valence electrons. The van der Waals surface area contributed by atoms with Gasteiger partial charge in [0.25, 0.3) is 5.89 Å². The number of aromatic nitrogens is 2. The average molecular weight is 346 g/mol. The van der Waals surface area contributed by atoms with E-state index < -0.39 is 0 Å². The zero-order chi connectivity index (χ0) is 14.8. The summed E-state index contributed by atoms with van der Waals surface area (Å²) in [5.41, 5.74) is 0.938. The maximum absolute atomic E-state index is 5.35. The third-order valence-electron chi connectivity index (χ3n) is 3.19. The third-order valence-corrected chi connectivity index (χ3v) is 3.68. The summed E-state index contributed by atoms with van der Waals surface area (Å²) >= 11 is 3.48. The number of nitrogens with one attached hydrogen (secondary N) is 1. The number of nitrogens with zero attached hydrogens (tertiary/aromatic N) is 2. The van der Waals surface area contributed by atoms with Crippen molar-refractivity contribution in [1.82, 2.24) is 15.5 Å². The van der Waals surface area contributed by atoms with E-state index >= 15 is 0 Å². The van der Waals surface area contributed by atoms with E-state index in [4.69, 9.17) is 4.52 Å². The molecule has 1 N–H and O–H groups in total. The molecule has 0 bridgehead atoms. The van der Waals surface area contributed by atoms with Crippen LogP contribution in [0.4, 0.5) is 0 Å². The van der Waals surface area contributed by atoms with Crippen molar-refractivity contribution in [2.75, 3.05) is 0 Å². The van der Waals surface area contributed by atoms with E-state index in [-0.39, 0.29) is 0 Å². The second-order valence-corrected chi connectivity index (χ2v) is 6.17. The number of hydrogen-bond acceptors (Lipinski definition) is 4. The van der Waals surface area contributed by atoms with E-state index in [1.807, 2.05) is 12.1 Å². The minimum atomic E-state index is 0.395. The van der Waals surface area contributed by atoms with Gasteiger partial charge in [0.1, 0.15) is 0 Å². The summed E-state index contributed by atoms with van der Waals surface area (Å²) < 4.78 is 6.42. The second-order valence-electron chi connectivity index (χ2n) is 5.26. The Bertz CT molecular complexity index is 767. The molecule has 21 heavy (non-hydrogen) atoms. The first-order chi connectivity index (χ1) is 10.1. The Hall–Kier alpha value is -1.72. The van der Waals surface area contributed by atoms with Crippen molar-refractivity contribution in [3.8, 4) is 11.5 Å². The van der Waals surface area contributed by atoms with Gasteiger partial charge in [-0.25, -0.2) is 0 Å². The number of hydrogen-bond donors (Lipinski definition) is 1. The van der Waals surface area contributed by atoms with E-state index in [0.717, 1.165) is 15.4 Å². The van der Waals surface area contributed by atoms with Crippen LogP contribution in [0.15, 0.2) is 45.4 Å². The van der Waals surface area contributed by atoms with Gasteiger partial charge in [-0.05, 0) is 35.0 Å². The Balaban J connectivity index is 1.88. The predicted octanol–water partition coefficient (Wildman–Crippen LogP) is 4.15. The quantitative estimate of drug-likeness (QED) is 0.771. The first-order valence-corrected chi connectivity index (χ1v) is 7.67. The number of benzene rings is 2. The molecule has 0 atom stereocenters. The highest BCUT2D eigenvalue weighted by atomic mass is 79.9. The Morgan fingerprint density at radius 2 is 1.90 bits per heavy atom. The lowest BCUT2D eigenvalue weighted by Crippen LogP contribution is -2.22. The van der Waals surface area contributed by atoms with E-state index in [1.165, 1.54) is 5.39 Å². The van der Waals surface area contributed by atoms with Crippen LogP contribution in [0.1, 0.15) is 19.7 Å². The molecule has 0 aliphatic rings. The lowest BCUT2D eigenvalue weighted by Gasteiger charge is -2.03. The highest BCUT2D eigenvalue weighted by Crippen LogP contribution is 2.25. The van der Waals surface area contributed by atoms with Gasteiger partial charge >= 0.3 is 0 Å². The lowest BCUT2D eigenvalue weighted by atomic mass is 10.1. The third kappa shape index (κ3) is 3.31. The van der Waals surface area contributed by atoms with Gasteiger partial charge in [-0.3, -0.25) is 0 Å². The van der Waals surface area contributed by atoms with Crippen LogP contribution in [0.3, 0.4) is 0 Å². The van der Waals surface area contributed by atoms with Crippen LogP contribution in [0.2, 0.25) is 0 Å². The Labute approximate surface area is 131 Å². The summed E-state index contributed by atoms with van der Waals surface area (Å²) in [6.07, 6.45) is 0. The Morgan fingerprint density at radius 3 is 2.71 bits per heavy atom. The molecule has 3 aromatic rings. The topological polar surface area (TPSA) is 51.0 Å². The standard InChI is InChI=1S/C16H16BrN3O/c1-10(2)18-9-15-19-16(21-20-15)13-4-3-12-8-14(17)6-5-11(12)7-13/h3-8,10,18H,9H2,1-2H3. The average Bonchev–Trinajstić information content (AvgIpc) is 2.93. The summed E-state index contributed by atoms with van der Waals surface area (Å²) in [5, 5.41) is 9.60. The van der Waals surface area contributed by atoms with Crippen LogP contribution in [0, 0.1) is 0 Å². The van der Waals surface area contributed by atoms with Crippen molar-refractivity contribution in [2.24, 2.45) is 0 Å². The van der Waals surface area contributed by atoms with Crippen molar-refractivity contribution in [1.29, 1.82) is 0 Å². The number of rotatable bonds is 4. The highest BCUT2D eigenvalue weighted by molar-refractivity contribution is 9.10. The van der Waals surface area contributed by atoms with Gasteiger partial charge in [0.05, 0.1) is 6.54 Å². The largest absolute Gasteiger partial charge is 0.334 e.